The van der Waals surface area contributed by atoms with Crippen LogP contribution in [0.4, 0.5) is 0 Å². The van der Waals surface area contributed by atoms with Gasteiger partial charge in [-0.05, 0) is 49.2 Å². The van der Waals surface area contributed by atoms with Gasteiger partial charge in [-0.2, -0.15) is 0 Å². The number of aromatic amines is 1. The van der Waals surface area contributed by atoms with E-state index in [-0.39, 0.29) is 5.91 Å². The minimum atomic E-state index is -0.665. The topological polar surface area (TPSA) is 93.3 Å². The molecule has 1 heterocycles. The first-order valence-corrected chi connectivity index (χ1v) is 9.07. The van der Waals surface area contributed by atoms with Crippen molar-refractivity contribution in [3.05, 3.63) is 59.4 Å². The molecule has 0 bridgehead atoms. The fourth-order valence-electron chi connectivity index (χ4n) is 2.88. The lowest BCUT2D eigenvalue weighted by Crippen LogP contribution is -2.41. The number of rotatable bonds is 7. The Kier molecular flexibility index (Phi) is 5.93. The van der Waals surface area contributed by atoms with Crippen molar-refractivity contribution in [2.24, 2.45) is 0 Å². The first kappa shape index (κ1) is 19.4. The normalized spacial score (nSPS) is 11.8. The Balaban J connectivity index is 1.66. The number of H-pyrrole nitrogens is 1. The zero-order chi connectivity index (χ0) is 20.1. The molecule has 0 saturated heterocycles. The summed E-state index contributed by atoms with van der Waals surface area (Å²) in [6.45, 7) is 3.96. The molecule has 7 heteroatoms. The van der Waals surface area contributed by atoms with Crippen molar-refractivity contribution in [2.45, 2.75) is 32.9 Å². The van der Waals surface area contributed by atoms with Crippen molar-refractivity contribution in [2.75, 3.05) is 7.11 Å². The third kappa shape index (κ3) is 4.31. The molecule has 0 fully saturated rings. The fourth-order valence-corrected chi connectivity index (χ4v) is 2.88. The van der Waals surface area contributed by atoms with E-state index < -0.39 is 12.0 Å². The van der Waals surface area contributed by atoms with Crippen LogP contribution in [0.1, 0.15) is 35.1 Å². The molecule has 7 nitrogen and oxygen atoms in total. The monoisotopic (exact) mass is 381 g/mol. The number of para-hydroxylation sites is 2. The Morgan fingerprint density at radius 3 is 2.68 bits per heavy atom. The van der Waals surface area contributed by atoms with Crippen LogP contribution in [-0.4, -0.2) is 35.0 Å². The Morgan fingerprint density at radius 2 is 2.00 bits per heavy atom. The zero-order valence-electron chi connectivity index (χ0n) is 16.1. The Bertz CT molecular complexity index is 963. The second-order valence-corrected chi connectivity index (χ2v) is 6.43. The predicted molar refractivity (Wildman–Crippen MR) is 105 cm³/mol. The lowest BCUT2D eigenvalue weighted by Gasteiger charge is -2.15. The number of hydrogen-bond acceptors (Lipinski definition) is 5. The van der Waals surface area contributed by atoms with Crippen LogP contribution in [0.25, 0.3) is 11.0 Å². The van der Waals surface area contributed by atoms with Gasteiger partial charge < -0.3 is 19.8 Å². The molecular formula is C21H23N3O4. The number of benzene rings is 2. The summed E-state index contributed by atoms with van der Waals surface area (Å²) in [5.41, 5.74) is 3.12. The highest BCUT2D eigenvalue weighted by Crippen LogP contribution is 2.21. The summed E-state index contributed by atoms with van der Waals surface area (Å²) in [6, 6.07) is 12.3. The number of aryl methyl sites for hydroxylation is 1. The molecule has 1 aromatic heterocycles. The number of hydrogen-bond donors (Lipinski definition) is 2. The molecule has 146 valence electrons. The largest absolute Gasteiger partial charge is 0.485 e. The standard InChI is InChI=1S/C21H23N3O4/c1-4-15(21(26)27-3)24-20(25)14-9-10-18(13(2)11-14)28-12-19-22-16-7-5-6-8-17(16)23-19/h5-11,15H,4,12H2,1-3H3,(H,22,23)(H,24,25). The summed E-state index contributed by atoms with van der Waals surface area (Å²) in [5.74, 6) is 0.603. The Labute approximate surface area is 163 Å². The van der Waals surface area contributed by atoms with E-state index in [2.05, 4.69) is 15.3 Å². The second kappa shape index (κ2) is 8.56. The summed E-state index contributed by atoms with van der Waals surface area (Å²) in [5, 5.41) is 2.68. The van der Waals surface area contributed by atoms with E-state index in [1.807, 2.05) is 38.1 Å². The number of imidazole rings is 1. The van der Waals surface area contributed by atoms with E-state index in [1.165, 1.54) is 7.11 Å². The van der Waals surface area contributed by atoms with Gasteiger partial charge in [-0.1, -0.05) is 19.1 Å². The van der Waals surface area contributed by atoms with Gasteiger partial charge >= 0.3 is 5.97 Å². The van der Waals surface area contributed by atoms with Gasteiger partial charge in [0, 0.05) is 5.56 Å². The lowest BCUT2D eigenvalue weighted by atomic mass is 10.1. The molecule has 0 aliphatic rings. The van der Waals surface area contributed by atoms with Gasteiger partial charge in [-0.25, -0.2) is 9.78 Å². The number of ether oxygens (including phenoxy) is 2. The number of carbonyl (C=O) groups excluding carboxylic acids is 2. The summed E-state index contributed by atoms with van der Waals surface area (Å²) >= 11 is 0. The second-order valence-electron chi connectivity index (χ2n) is 6.43. The number of fused-ring (bicyclic) bond motifs is 1. The third-order valence-corrected chi connectivity index (χ3v) is 4.44. The SMILES string of the molecule is CCC(NC(=O)c1ccc(OCc2nc3ccccc3[nH]2)c(C)c1)C(=O)OC. The molecule has 0 radical (unpaired) electrons. The molecule has 2 aromatic carbocycles. The van der Waals surface area contributed by atoms with Crippen LogP contribution in [-0.2, 0) is 16.1 Å². The molecule has 0 spiro atoms. The lowest BCUT2D eigenvalue weighted by molar-refractivity contribution is -0.142. The number of esters is 1. The number of aromatic nitrogens is 2. The summed E-state index contributed by atoms with van der Waals surface area (Å²) < 4.78 is 10.5. The van der Waals surface area contributed by atoms with E-state index in [1.54, 1.807) is 18.2 Å². The average molecular weight is 381 g/mol. The Morgan fingerprint density at radius 1 is 1.21 bits per heavy atom. The van der Waals surface area contributed by atoms with Crippen LogP contribution in [0.5, 0.6) is 5.75 Å². The molecule has 28 heavy (non-hydrogen) atoms. The van der Waals surface area contributed by atoms with E-state index >= 15 is 0 Å². The summed E-state index contributed by atoms with van der Waals surface area (Å²) in [4.78, 5) is 31.7. The number of carbonyl (C=O) groups is 2. The van der Waals surface area contributed by atoms with Crippen LogP contribution in [0.15, 0.2) is 42.5 Å². The third-order valence-electron chi connectivity index (χ3n) is 4.44. The molecule has 0 aliphatic heterocycles. The van der Waals surface area contributed by atoms with Crippen LogP contribution >= 0.6 is 0 Å². The van der Waals surface area contributed by atoms with E-state index in [0.29, 0.717) is 24.3 Å². The first-order chi connectivity index (χ1) is 13.5. The maximum Gasteiger partial charge on any atom is 0.328 e. The summed E-state index contributed by atoms with van der Waals surface area (Å²) in [6.07, 6.45) is 0.454. The molecule has 3 aromatic rings. The average Bonchev–Trinajstić information content (AvgIpc) is 3.13. The maximum absolute atomic E-state index is 12.4. The summed E-state index contributed by atoms with van der Waals surface area (Å²) in [7, 11) is 1.30. The zero-order valence-corrected chi connectivity index (χ0v) is 16.1. The molecular weight excluding hydrogens is 358 g/mol. The van der Waals surface area contributed by atoms with Gasteiger partial charge in [0.1, 0.15) is 24.2 Å². The van der Waals surface area contributed by atoms with Crippen molar-refractivity contribution in [1.29, 1.82) is 0 Å². The van der Waals surface area contributed by atoms with Crippen molar-refractivity contribution in [3.8, 4) is 5.75 Å². The van der Waals surface area contributed by atoms with Crippen molar-refractivity contribution in [3.63, 3.8) is 0 Å². The van der Waals surface area contributed by atoms with Crippen LogP contribution in [0.2, 0.25) is 0 Å². The van der Waals surface area contributed by atoms with E-state index in [9.17, 15) is 9.59 Å². The molecule has 0 aliphatic carbocycles. The van der Waals surface area contributed by atoms with Gasteiger partial charge in [-0.15, -0.1) is 0 Å². The van der Waals surface area contributed by atoms with Gasteiger partial charge in [0.2, 0.25) is 0 Å². The maximum atomic E-state index is 12.4. The van der Waals surface area contributed by atoms with Gasteiger partial charge in [-0.3, -0.25) is 4.79 Å². The van der Waals surface area contributed by atoms with Crippen molar-refractivity contribution >= 4 is 22.9 Å². The number of nitrogens with zero attached hydrogens (tertiary/aromatic N) is 1. The van der Waals surface area contributed by atoms with Crippen molar-refractivity contribution < 1.29 is 19.1 Å². The number of amides is 1. The highest BCUT2D eigenvalue weighted by Gasteiger charge is 2.20. The van der Waals surface area contributed by atoms with Crippen LogP contribution < -0.4 is 10.1 Å². The minimum absolute atomic E-state index is 0.293. The fraction of sp³-hybridized carbons (Fsp3) is 0.286. The van der Waals surface area contributed by atoms with Gasteiger partial charge in [0.25, 0.3) is 5.91 Å². The highest BCUT2D eigenvalue weighted by molar-refractivity contribution is 5.97. The molecule has 1 amide bonds. The van der Waals surface area contributed by atoms with E-state index in [0.717, 1.165) is 22.4 Å². The molecule has 0 saturated carbocycles. The molecule has 1 unspecified atom stereocenters. The molecule has 3 rings (SSSR count). The molecule has 2 N–H and O–H groups in total. The van der Waals surface area contributed by atoms with Gasteiger partial charge in [0.05, 0.1) is 18.1 Å². The smallest absolute Gasteiger partial charge is 0.328 e. The number of nitrogens with one attached hydrogen (secondary N) is 2. The quantitative estimate of drug-likeness (QED) is 0.613. The minimum Gasteiger partial charge on any atom is -0.485 e. The van der Waals surface area contributed by atoms with Crippen LogP contribution in [0, 0.1) is 6.92 Å². The van der Waals surface area contributed by atoms with Crippen molar-refractivity contribution in [1.82, 2.24) is 15.3 Å². The van der Waals surface area contributed by atoms with E-state index in [4.69, 9.17) is 9.47 Å². The predicted octanol–water partition coefficient (Wildman–Crippen LogP) is 3.13. The molecule has 1 atom stereocenters. The highest BCUT2D eigenvalue weighted by atomic mass is 16.5. The van der Waals surface area contributed by atoms with Gasteiger partial charge in [0.15, 0.2) is 0 Å². The number of methoxy groups -OCH3 is 1. The first-order valence-electron chi connectivity index (χ1n) is 9.07. The Hall–Kier alpha value is -3.35. The van der Waals surface area contributed by atoms with Crippen LogP contribution in [0.3, 0.4) is 0 Å².